The number of amides is 2. The molecule has 6 rings (SSSR count). The highest BCUT2D eigenvalue weighted by molar-refractivity contribution is 6.11. The van der Waals surface area contributed by atoms with E-state index in [2.05, 4.69) is 36.0 Å². The molecule has 2 aromatic heterocycles. The van der Waals surface area contributed by atoms with Crippen molar-refractivity contribution in [2.75, 3.05) is 11.9 Å². The Morgan fingerprint density at radius 2 is 1.77 bits per heavy atom. The van der Waals surface area contributed by atoms with Crippen molar-refractivity contribution in [2.24, 2.45) is 7.05 Å². The Morgan fingerprint density at radius 3 is 2.51 bits per heavy atom. The number of carbonyl (C=O) groups is 2. The van der Waals surface area contributed by atoms with Crippen LogP contribution in [0.5, 0.6) is 0 Å². The van der Waals surface area contributed by atoms with Crippen LogP contribution in [0.1, 0.15) is 43.9 Å². The van der Waals surface area contributed by atoms with E-state index >= 15 is 0 Å². The van der Waals surface area contributed by atoms with E-state index in [1.54, 1.807) is 11.6 Å². The van der Waals surface area contributed by atoms with Crippen LogP contribution < -0.4 is 10.9 Å². The fourth-order valence-electron chi connectivity index (χ4n) is 5.64. The number of nitrogens with zero attached hydrogens (tertiary/aromatic N) is 3. The molecule has 0 saturated heterocycles. The molecule has 0 aliphatic carbocycles. The molecular formula is C28H26N4O3. The lowest BCUT2D eigenvalue weighted by atomic mass is 9.84. The van der Waals surface area contributed by atoms with Gasteiger partial charge in [-0.1, -0.05) is 24.3 Å². The minimum absolute atomic E-state index is 0.153. The van der Waals surface area contributed by atoms with Gasteiger partial charge in [0.2, 0.25) is 5.91 Å². The third-order valence-corrected chi connectivity index (χ3v) is 7.30. The molecule has 176 valence electrons. The molecule has 2 aliphatic rings. The Morgan fingerprint density at radius 1 is 1.03 bits per heavy atom. The molecule has 0 saturated carbocycles. The summed E-state index contributed by atoms with van der Waals surface area (Å²) < 4.78 is 3.83. The number of para-hydroxylation sites is 1. The van der Waals surface area contributed by atoms with E-state index < -0.39 is 5.92 Å². The van der Waals surface area contributed by atoms with Gasteiger partial charge in [0.1, 0.15) is 0 Å². The normalized spacial score (nSPS) is 17.3. The van der Waals surface area contributed by atoms with Gasteiger partial charge >= 0.3 is 0 Å². The van der Waals surface area contributed by atoms with Crippen molar-refractivity contribution in [1.29, 1.82) is 0 Å². The Labute approximate surface area is 202 Å². The molecule has 2 aromatic carbocycles. The number of hydrogen-bond acceptors (Lipinski definition) is 4. The van der Waals surface area contributed by atoms with Crippen LogP contribution in [0.3, 0.4) is 0 Å². The second-order valence-electron chi connectivity index (χ2n) is 9.67. The van der Waals surface area contributed by atoms with Crippen molar-refractivity contribution >= 4 is 39.3 Å². The second kappa shape index (κ2) is 7.43. The van der Waals surface area contributed by atoms with Crippen LogP contribution in [0, 0.1) is 0 Å². The zero-order valence-corrected chi connectivity index (χ0v) is 20.1. The van der Waals surface area contributed by atoms with Gasteiger partial charge in [0, 0.05) is 54.5 Å². The molecule has 0 spiro atoms. The molecule has 4 aromatic rings. The highest BCUT2D eigenvalue weighted by Gasteiger charge is 2.42. The minimum Gasteiger partial charge on any atom is -0.356 e. The second-order valence-corrected chi connectivity index (χ2v) is 9.67. The van der Waals surface area contributed by atoms with E-state index in [-0.39, 0.29) is 30.0 Å². The van der Waals surface area contributed by atoms with Crippen LogP contribution in [0.25, 0.3) is 21.8 Å². The van der Waals surface area contributed by atoms with E-state index in [0.717, 1.165) is 33.1 Å². The molecular weight excluding hydrogens is 440 g/mol. The zero-order valence-electron chi connectivity index (χ0n) is 20.1. The molecule has 1 N–H and O–H groups in total. The third kappa shape index (κ3) is 2.94. The van der Waals surface area contributed by atoms with Crippen molar-refractivity contribution in [3.8, 4) is 0 Å². The van der Waals surface area contributed by atoms with E-state index in [1.165, 1.54) is 11.8 Å². The first kappa shape index (κ1) is 21.4. The van der Waals surface area contributed by atoms with Crippen molar-refractivity contribution < 1.29 is 9.59 Å². The Balaban J connectivity index is 1.73. The van der Waals surface area contributed by atoms with Gasteiger partial charge in [0.05, 0.1) is 23.2 Å². The number of aromatic nitrogens is 2. The van der Waals surface area contributed by atoms with Gasteiger partial charge in [-0.3, -0.25) is 19.3 Å². The molecule has 2 amide bonds. The van der Waals surface area contributed by atoms with Crippen molar-refractivity contribution in [3.63, 3.8) is 0 Å². The molecule has 35 heavy (non-hydrogen) atoms. The first-order chi connectivity index (χ1) is 16.8. The average Bonchev–Trinajstić information content (AvgIpc) is 3.33. The van der Waals surface area contributed by atoms with Gasteiger partial charge < -0.3 is 14.5 Å². The summed E-state index contributed by atoms with van der Waals surface area (Å²) in [5.74, 6) is -1.27. The number of benzene rings is 2. The zero-order chi connectivity index (χ0) is 24.6. The highest BCUT2D eigenvalue weighted by atomic mass is 16.2. The van der Waals surface area contributed by atoms with E-state index in [9.17, 15) is 14.4 Å². The number of fused-ring (bicyclic) bond motifs is 1. The lowest BCUT2D eigenvalue weighted by Crippen LogP contribution is -2.34. The van der Waals surface area contributed by atoms with Crippen LogP contribution in [-0.4, -0.2) is 32.4 Å². The maximum absolute atomic E-state index is 13.8. The van der Waals surface area contributed by atoms with Crippen LogP contribution in [0.15, 0.2) is 70.8 Å². The predicted molar refractivity (Wildman–Crippen MR) is 136 cm³/mol. The van der Waals surface area contributed by atoms with Gasteiger partial charge in [-0.05, 0) is 49.1 Å². The Hall–Kier alpha value is -4.13. The topological polar surface area (TPSA) is 76.3 Å². The number of rotatable bonds is 2. The molecule has 7 heteroatoms. The first-order valence-electron chi connectivity index (χ1n) is 11.8. The Kier molecular flexibility index (Phi) is 4.55. The predicted octanol–water partition coefficient (Wildman–Crippen LogP) is 4.27. The smallest absolute Gasteiger partial charge is 0.259 e. The molecule has 4 heterocycles. The number of nitrogens with one attached hydrogen (secondary N) is 1. The molecule has 1 atom stereocenters. The third-order valence-electron chi connectivity index (χ3n) is 7.30. The molecule has 0 bridgehead atoms. The molecule has 7 nitrogen and oxygen atoms in total. The summed E-state index contributed by atoms with van der Waals surface area (Å²) in [4.78, 5) is 41.1. The summed E-state index contributed by atoms with van der Waals surface area (Å²) >= 11 is 0. The van der Waals surface area contributed by atoms with Crippen LogP contribution in [0.4, 0.5) is 5.69 Å². The summed E-state index contributed by atoms with van der Waals surface area (Å²) in [6, 6.07) is 15.9. The average molecular weight is 467 g/mol. The van der Waals surface area contributed by atoms with E-state index in [1.807, 2.05) is 42.5 Å². The fourth-order valence-corrected chi connectivity index (χ4v) is 5.64. The number of imide groups is 1. The molecule has 2 aliphatic heterocycles. The summed E-state index contributed by atoms with van der Waals surface area (Å²) in [6.45, 7) is 5.79. The lowest BCUT2D eigenvalue weighted by molar-refractivity contribution is -0.139. The minimum atomic E-state index is -0.608. The maximum Gasteiger partial charge on any atom is 0.259 e. The number of pyridine rings is 1. The summed E-state index contributed by atoms with van der Waals surface area (Å²) in [6.07, 6.45) is 2.07. The summed E-state index contributed by atoms with van der Waals surface area (Å²) in [7, 11) is 1.76. The quantitative estimate of drug-likeness (QED) is 0.479. The number of carbonyl (C=O) groups excluding carboxylic acids is 2. The summed E-state index contributed by atoms with van der Waals surface area (Å²) in [5, 5.41) is 5.39. The maximum atomic E-state index is 13.8. The van der Waals surface area contributed by atoms with Crippen molar-refractivity contribution in [2.45, 2.75) is 32.7 Å². The highest BCUT2D eigenvalue weighted by Crippen LogP contribution is 2.46. The number of hydrogen-bond donors (Lipinski definition) is 1. The van der Waals surface area contributed by atoms with Crippen molar-refractivity contribution in [1.82, 2.24) is 14.0 Å². The molecule has 0 radical (unpaired) electrons. The van der Waals surface area contributed by atoms with Gasteiger partial charge in [-0.2, -0.15) is 0 Å². The standard InChI is InChI=1S/C28H26N4O3/c1-15(2)31-13-19-24(18-12-17-8-5-6-10-22(17)30(4)27(18)34)26-21(14-32(16(3)33)28(26)35)29-20-9-7-11-23(31)25(19)20/h5-13,15,24,29H,14H2,1-4H3/t24-/m0/s1. The van der Waals surface area contributed by atoms with Gasteiger partial charge in [-0.25, -0.2) is 0 Å². The fraction of sp³-hybridized carbons (Fsp3) is 0.250. The van der Waals surface area contributed by atoms with Gasteiger partial charge in [0.15, 0.2) is 0 Å². The molecule has 0 fully saturated rings. The number of anilines is 1. The summed E-state index contributed by atoms with van der Waals surface area (Å²) in [5.41, 5.74) is 5.15. The SMILES string of the molecule is CC(=O)N1CC2=C(C1=O)[C@@H](c1cc3ccccc3n(C)c1=O)c1cn(C(C)C)c3cccc(c13)N2. The van der Waals surface area contributed by atoms with Crippen molar-refractivity contribution in [3.05, 3.63) is 87.5 Å². The van der Waals surface area contributed by atoms with Crippen LogP contribution in [0.2, 0.25) is 0 Å². The number of aryl methyl sites for hydroxylation is 1. The van der Waals surface area contributed by atoms with Gasteiger partial charge in [-0.15, -0.1) is 0 Å². The van der Waals surface area contributed by atoms with E-state index in [0.29, 0.717) is 16.8 Å². The van der Waals surface area contributed by atoms with Crippen LogP contribution in [-0.2, 0) is 16.6 Å². The van der Waals surface area contributed by atoms with Gasteiger partial charge in [0.25, 0.3) is 11.5 Å². The lowest BCUT2D eigenvalue weighted by Gasteiger charge is -2.20. The first-order valence-corrected chi connectivity index (χ1v) is 11.8. The van der Waals surface area contributed by atoms with E-state index in [4.69, 9.17) is 0 Å². The Bertz CT molecular complexity index is 1670. The molecule has 0 unspecified atom stereocenters. The van der Waals surface area contributed by atoms with Crippen LogP contribution >= 0.6 is 0 Å². The largest absolute Gasteiger partial charge is 0.356 e. The monoisotopic (exact) mass is 466 g/mol.